The van der Waals surface area contributed by atoms with Gasteiger partial charge in [-0.2, -0.15) is 5.10 Å². The molecule has 5 aromatic heterocycles. The van der Waals surface area contributed by atoms with Crippen molar-refractivity contribution in [1.29, 1.82) is 0 Å². The molecule has 1 fully saturated rings. The molecule has 1 N–H and O–H groups in total. The SMILES string of the molecule is C[S@@+]([O-])c1c[nH]c2ncnc(N3CC[C@H]3c3nn4ccc(Cl)c4c(=O)n3-c3ccccn3)c12. The van der Waals surface area contributed by atoms with Gasteiger partial charge in [0.25, 0.3) is 5.56 Å². The van der Waals surface area contributed by atoms with E-state index in [-0.39, 0.29) is 17.1 Å². The van der Waals surface area contributed by atoms with E-state index in [4.69, 9.17) is 16.7 Å². The highest BCUT2D eigenvalue weighted by Crippen LogP contribution is 2.40. The van der Waals surface area contributed by atoms with Crippen molar-refractivity contribution in [3.8, 4) is 5.82 Å². The van der Waals surface area contributed by atoms with E-state index in [1.807, 2.05) is 11.0 Å². The van der Waals surface area contributed by atoms with E-state index in [1.54, 1.807) is 43.0 Å². The Morgan fingerprint density at radius 1 is 1.24 bits per heavy atom. The lowest BCUT2D eigenvalue weighted by molar-refractivity contribution is 0.423. The van der Waals surface area contributed by atoms with Gasteiger partial charge in [0.15, 0.2) is 10.7 Å². The number of nitrogens with one attached hydrogen (secondary N) is 1. The van der Waals surface area contributed by atoms with Crippen LogP contribution in [0.25, 0.3) is 22.4 Å². The Morgan fingerprint density at radius 2 is 2.12 bits per heavy atom. The van der Waals surface area contributed by atoms with Crippen molar-refractivity contribution in [2.45, 2.75) is 17.4 Å². The second-order valence-electron chi connectivity index (χ2n) is 7.67. The minimum atomic E-state index is -1.22. The van der Waals surface area contributed by atoms with Crippen LogP contribution in [-0.2, 0) is 11.2 Å². The predicted octanol–water partition coefficient (Wildman–Crippen LogP) is 2.49. The predicted molar refractivity (Wildman–Crippen MR) is 125 cm³/mol. The van der Waals surface area contributed by atoms with E-state index in [2.05, 4.69) is 19.9 Å². The van der Waals surface area contributed by atoms with E-state index in [1.165, 1.54) is 15.4 Å². The Hall–Kier alpha value is -3.41. The molecule has 12 heteroatoms. The summed E-state index contributed by atoms with van der Waals surface area (Å²) in [6.07, 6.45) is 8.84. The Bertz CT molecular complexity index is 1560. The van der Waals surface area contributed by atoms with E-state index in [9.17, 15) is 9.35 Å². The fourth-order valence-corrected chi connectivity index (χ4v) is 5.17. The molecule has 1 aliphatic heterocycles. The molecule has 10 nitrogen and oxygen atoms in total. The van der Waals surface area contributed by atoms with Crippen molar-refractivity contribution < 1.29 is 4.55 Å². The maximum atomic E-state index is 13.5. The molecule has 2 atom stereocenters. The van der Waals surface area contributed by atoms with Gasteiger partial charge in [-0.15, -0.1) is 0 Å². The molecule has 0 amide bonds. The number of pyridine rings is 1. The van der Waals surface area contributed by atoms with Crippen LogP contribution in [0, 0.1) is 0 Å². The van der Waals surface area contributed by atoms with Crippen molar-refractivity contribution in [3.05, 3.63) is 70.4 Å². The molecule has 5 aromatic rings. The molecule has 0 radical (unpaired) electrons. The maximum absolute atomic E-state index is 13.5. The summed E-state index contributed by atoms with van der Waals surface area (Å²) in [5.74, 6) is 1.63. The van der Waals surface area contributed by atoms with Crippen molar-refractivity contribution >= 4 is 45.1 Å². The monoisotopic (exact) mass is 480 g/mol. The molecule has 0 unspecified atom stereocenters. The lowest BCUT2D eigenvalue weighted by atomic mass is 10.0. The largest absolute Gasteiger partial charge is 0.612 e. The van der Waals surface area contributed by atoms with Gasteiger partial charge in [0, 0.05) is 18.9 Å². The molecule has 0 spiro atoms. The highest BCUT2D eigenvalue weighted by molar-refractivity contribution is 7.91. The van der Waals surface area contributed by atoms with E-state index in [0.717, 1.165) is 6.42 Å². The molecule has 0 aliphatic carbocycles. The lowest BCUT2D eigenvalue weighted by Crippen LogP contribution is -2.45. The molecular weight excluding hydrogens is 464 g/mol. The summed E-state index contributed by atoms with van der Waals surface area (Å²) in [6.45, 7) is 0.695. The number of fused-ring (bicyclic) bond motifs is 2. The quantitative estimate of drug-likeness (QED) is 0.392. The molecule has 0 aromatic carbocycles. The number of aromatic amines is 1. The average molecular weight is 481 g/mol. The first-order valence-corrected chi connectivity index (χ1v) is 12.1. The number of H-pyrrole nitrogens is 1. The summed E-state index contributed by atoms with van der Waals surface area (Å²) in [5, 5.41) is 5.79. The zero-order valence-corrected chi connectivity index (χ0v) is 18.9. The van der Waals surface area contributed by atoms with Gasteiger partial charge >= 0.3 is 0 Å². The van der Waals surface area contributed by atoms with Gasteiger partial charge in [-0.1, -0.05) is 17.7 Å². The first-order valence-electron chi connectivity index (χ1n) is 10.2. The summed E-state index contributed by atoms with van der Waals surface area (Å²) >= 11 is 5.06. The molecule has 0 saturated carbocycles. The van der Waals surface area contributed by atoms with Gasteiger partial charge in [-0.3, -0.25) is 4.79 Å². The van der Waals surface area contributed by atoms with Crippen LogP contribution >= 0.6 is 11.6 Å². The first kappa shape index (κ1) is 20.2. The van der Waals surface area contributed by atoms with Crippen LogP contribution in [0.5, 0.6) is 0 Å². The van der Waals surface area contributed by atoms with Gasteiger partial charge in [-0.05, 0) is 35.8 Å². The summed E-state index contributed by atoms with van der Waals surface area (Å²) in [4.78, 5) is 32.5. The Morgan fingerprint density at radius 3 is 2.85 bits per heavy atom. The molecule has 0 bridgehead atoms. The third kappa shape index (κ3) is 3.04. The molecule has 33 heavy (non-hydrogen) atoms. The average Bonchev–Trinajstić information content (AvgIpc) is 3.38. The molecule has 1 saturated heterocycles. The Labute approximate surface area is 195 Å². The van der Waals surface area contributed by atoms with Crippen molar-refractivity contribution in [2.75, 3.05) is 17.7 Å². The Kier molecular flexibility index (Phi) is 4.64. The minimum absolute atomic E-state index is 0.253. The van der Waals surface area contributed by atoms with Gasteiger partial charge in [0.1, 0.15) is 40.8 Å². The third-order valence-electron chi connectivity index (χ3n) is 5.85. The van der Waals surface area contributed by atoms with Crippen molar-refractivity contribution in [3.63, 3.8) is 0 Å². The lowest BCUT2D eigenvalue weighted by Gasteiger charge is -2.41. The molecular formula is C21H17ClN8O2S. The normalized spacial score (nSPS) is 16.9. The van der Waals surface area contributed by atoms with Crippen LogP contribution < -0.4 is 10.5 Å². The van der Waals surface area contributed by atoms with Crippen LogP contribution in [0.3, 0.4) is 0 Å². The second kappa shape index (κ2) is 7.58. The number of hydrogen-bond donors (Lipinski definition) is 1. The topological polar surface area (TPSA) is 120 Å². The van der Waals surface area contributed by atoms with E-state index < -0.39 is 11.2 Å². The number of halogens is 1. The highest BCUT2D eigenvalue weighted by Gasteiger charge is 2.37. The molecule has 6 heterocycles. The number of anilines is 1. The number of rotatable bonds is 4. The van der Waals surface area contributed by atoms with Crippen molar-refractivity contribution in [1.82, 2.24) is 34.1 Å². The molecule has 1 aliphatic rings. The van der Waals surface area contributed by atoms with Gasteiger partial charge in [0.2, 0.25) is 0 Å². The highest BCUT2D eigenvalue weighted by atomic mass is 35.5. The Balaban J connectivity index is 1.56. The second-order valence-corrected chi connectivity index (χ2v) is 9.42. The fourth-order valence-electron chi connectivity index (χ4n) is 4.24. The van der Waals surface area contributed by atoms with Crippen LogP contribution in [0.4, 0.5) is 5.82 Å². The van der Waals surface area contributed by atoms with Crippen LogP contribution in [0.2, 0.25) is 5.02 Å². The third-order valence-corrected chi connectivity index (χ3v) is 7.10. The van der Waals surface area contributed by atoms with Crippen molar-refractivity contribution in [2.24, 2.45) is 0 Å². The summed E-state index contributed by atoms with van der Waals surface area (Å²) in [7, 11) is 0. The maximum Gasteiger partial charge on any atom is 0.285 e. The first-order chi connectivity index (χ1) is 16.0. The summed E-state index contributed by atoms with van der Waals surface area (Å²) in [6, 6.07) is 6.76. The van der Waals surface area contributed by atoms with Crippen LogP contribution in [-0.4, -0.2) is 51.5 Å². The van der Waals surface area contributed by atoms with Crippen LogP contribution in [0.1, 0.15) is 18.3 Å². The fraction of sp³-hybridized carbons (Fsp3) is 0.190. The number of aromatic nitrogens is 7. The van der Waals surface area contributed by atoms with Gasteiger partial charge < -0.3 is 14.4 Å². The van der Waals surface area contributed by atoms with Crippen LogP contribution in [0.15, 0.2) is 58.9 Å². The zero-order valence-electron chi connectivity index (χ0n) is 17.3. The van der Waals surface area contributed by atoms with Gasteiger partial charge in [-0.25, -0.2) is 24.0 Å². The summed E-state index contributed by atoms with van der Waals surface area (Å²) < 4.78 is 15.3. The smallest absolute Gasteiger partial charge is 0.285 e. The zero-order chi connectivity index (χ0) is 22.7. The molecule has 6 rings (SSSR count). The summed E-state index contributed by atoms with van der Waals surface area (Å²) in [5.41, 5.74) is 0.597. The van der Waals surface area contributed by atoms with Gasteiger partial charge in [0.05, 0.1) is 17.3 Å². The molecule has 166 valence electrons. The van der Waals surface area contributed by atoms with E-state index in [0.29, 0.717) is 45.0 Å². The van der Waals surface area contributed by atoms with E-state index >= 15 is 0 Å². The number of nitrogens with zero attached hydrogens (tertiary/aromatic N) is 7. The minimum Gasteiger partial charge on any atom is -0.612 e. The standard InChI is InChI=1S/C21H17ClN8O2S/c1-33(32)14-10-24-18-16(14)20(26-11-25-18)28-8-6-13(28)19-27-29-9-5-12(22)17(29)21(31)30(19)15-4-2-3-7-23-15/h2-5,7,9-11,13H,6,8H2,1H3,(H,24,25,26)/t13-,33+/m0/s1. The number of hydrogen-bond acceptors (Lipinski definition) is 7.